The van der Waals surface area contributed by atoms with Crippen LogP contribution >= 0.6 is 0 Å². The molecule has 0 aromatic carbocycles. The number of nitrogens with zero attached hydrogens (tertiary/aromatic N) is 4. The Morgan fingerprint density at radius 3 is 2.07 bits per heavy atom. The number of allylic oxidation sites excluding steroid dienone is 5. The van der Waals surface area contributed by atoms with E-state index in [1.165, 1.54) is 12.7 Å². The average Bonchev–Trinajstić information content (AvgIpc) is 3.61. The quantitative estimate of drug-likeness (QED) is 0.201. The van der Waals surface area contributed by atoms with Crippen LogP contribution in [0, 0.1) is 13.8 Å². The van der Waals surface area contributed by atoms with Gasteiger partial charge in [0.25, 0.3) is 0 Å². The summed E-state index contributed by atoms with van der Waals surface area (Å²) in [7, 11) is 1.42. The van der Waals surface area contributed by atoms with Crippen LogP contribution in [0.5, 0.6) is 0 Å². The van der Waals surface area contributed by atoms with Crippen molar-refractivity contribution in [3.8, 4) is 0 Å². The standard InChI is InChI=1S/C35H36N4O2.Zn/c1-9-12-25-21(6)28-15-27-19(4)23(10-2)31(36-27)16-29-20(5)24(11-3)32(37-29)17-30-22(7)26(13-14-35(40)41-8)34(39-30)18-33(25)38-28;/h10-11,15-18H,2-3,9,12-14H2,1,4-8H3;/q-2;+2. The van der Waals surface area contributed by atoms with Crippen LogP contribution in [0.4, 0.5) is 0 Å². The van der Waals surface area contributed by atoms with Crippen LogP contribution in [0.15, 0.2) is 43.5 Å². The first-order chi connectivity index (χ1) is 19.7. The predicted molar refractivity (Wildman–Crippen MR) is 169 cm³/mol. The maximum absolute atomic E-state index is 12.1. The monoisotopic (exact) mass is 608 g/mol. The molecule has 0 amide bonds. The van der Waals surface area contributed by atoms with Gasteiger partial charge in [-0.25, -0.2) is 9.97 Å². The minimum absolute atomic E-state index is 0. The fraction of sp³-hybridized carbons (Fsp3) is 0.286. The van der Waals surface area contributed by atoms with Gasteiger partial charge >= 0.3 is 25.4 Å². The predicted octanol–water partition coefficient (Wildman–Crippen LogP) is 7.78. The first-order valence-corrected chi connectivity index (χ1v) is 14.1. The molecule has 42 heavy (non-hydrogen) atoms. The van der Waals surface area contributed by atoms with E-state index >= 15 is 0 Å². The molecule has 0 radical (unpaired) electrons. The maximum Gasteiger partial charge on any atom is 2.00 e. The Balaban J connectivity index is 0.00000405. The van der Waals surface area contributed by atoms with Gasteiger partial charge in [0.15, 0.2) is 0 Å². The topological polar surface area (TPSA) is 80.3 Å². The van der Waals surface area contributed by atoms with Gasteiger partial charge in [0, 0.05) is 12.0 Å². The van der Waals surface area contributed by atoms with E-state index in [0.717, 1.165) is 96.7 Å². The minimum atomic E-state index is -0.246. The van der Waals surface area contributed by atoms with Gasteiger partial charge < -0.3 is 14.7 Å². The summed E-state index contributed by atoms with van der Waals surface area (Å²) < 4.78 is 4.94. The second-order valence-electron chi connectivity index (χ2n) is 10.6. The molecule has 3 aromatic rings. The van der Waals surface area contributed by atoms with Crippen molar-refractivity contribution in [1.82, 2.24) is 19.9 Å². The molecule has 2 aliphatic heterocycles. The summed E-state index contributed by atoms with van der Waals surface area (Å²) in [5.41, 5.74) is 15.2. The zero-order chi connectivity index (χ0) is 29.4. The molecule has 6 nitrogen and oxygen atoms in total. The van der Waals surface area contributed by atoms with Crippen molar-refractivity contribution in [2.24, 2.45) is 0 Å². The van der Waals surface area contributed by atoms with Gasteiger partial charge in [-0.15, -0.1) is 22.1 Å². The van der Waals surface area contributed by atoms with Crippen molar-refractivity contribution in [3.05, 3.63) is 88.5 Å². The van der Waals surface area contributed by atoms with Gasteiger partial charge in [-0.3, -0.25) is 4.79 Å². The van der Waals surface area contributed by atoms with Crippen molar-refractivity contribution in [2.75, 3.05) is 7.11 Å². The fourth-order valence-electron chi connectivity index (χ4n) is 5.73. The fourth-order valence-corrected chi connectivity index (χ4v) is 5.73. The van der Waals surface area contributed by atoms with Crippen molar-refractivity contribution in [1.29, 1.82) is 0 Å². The number of ether oxygens (including phenoxy) is 1. The normalized spacial score (nSPS) is 12.8. The summed E-state index contributed by atoms with van der Waals surface area (Å²) in [5, 5.41) is 0. The Kier molecular flexibility index (Phi) is 9.32. The van der Waals surface area contributed by atoms with Crippen LogP contribution in [0.2, 0.25) is 0 Å². The molecule has 8 bridgehead atoms. The summed E-state index contributed by atoms with van der Waals surface area (Å²) in [6.45, 7) is 18.6. The Labute approximate surface area is 260 Å². The Morgan fingerprint density at radius 2 is 1.40 bits per heavy atom. The minimum Gasteiger partial charge on any atom is -0.657 e. The number of hydrogen-bond donors (Lipinski definition) is 0. The number of hydrogen-bond acceptors (Lipinski definition) is 4. The number of carbonyl (C=O) groups is 1. The average molecular weight is 610 g/mol. The van der Waals surface area contributed by atoms with E-state index in [4.69, 9.17) is 24.7 Å². The zero-order valence-corrected chi connectivity index (χ0v) is 28.5. The van der Waals surface area contributed by atoms with E-state index < -0.39 is 0 Å². The Morgan fingerprint density at radius 1 is 0.810 bits per heavy atom. The van der Waals surface area contributed by atoms with Crippen LogP contribution < -0.4 is 9.97 Å². The number of aryl methyl sites for hydroxylation is 3. The first kappa shape index (κ1) is 31.1. The van der Waals surface area contributed by atoms with E-state index in [1.807, 2.05) is 24.3 Å². The molecule has 3 aromatic heterocycles. The van der Waals surface area contributed by atoms with Crippen LogP contribution in [-0.2, 0) is 35.4 Å². The molecule has 0 unspecified atom stereocenters. The summed E-state index contributed by atoms with van der Waals surface area (Å²) in [4.78, 5) is 32.3. The summed E-state index contributed by atoms with van der Waals surface area (Å²) in [5.74, 6) is -0.246. The van der Waals surface area contributed by atoms with Crippen LogP contribution in [0.25, 0.3) is 50.4 Å². The van der Waals surface area contributed by atoms with Crippen molar-refractivity contribution < 1.29 is 29.0 Å². The SMILES string of the molecule is C=CC1=C(C)c2cc3[n-]c(cc4nc(cc5[n-]c(cc1n2)c(C)c5CCC(=O)OC)C(CCC)=C4C)c(C)c3C=C.[Zn+2]. The molecule has 0 saturated carbocycles. The van der Waals surface area contributed by atoms with Crippen LogP contribution in [0.3, 0.4) is 0 Å². The number of carbonyl (C=O) groups excluding carboxylic acids is 1. The zero-order valence-electron chi connectivity index (χ0n) is 25.5. The molecule has 5 rings (SSSR count). The third-order valence-corrected chi connectivity index (χ3v) is 8.19. The van der Waals surface area contributed by atoms with Gasteiger partial charge in [0.2, 0.25) is 0 Å². The summed E-state index contributed by atoms with van der Waals surface area (Å²) >= 11 is 0. The van der Waals surface area contributed by atoms with Crippen LogP contribution in [0.1, 0.15) is 85.1 Å². The van der Waals surface area contributed by atoms with E-state index in [0.29, 0.717) is 6.42 Å². The molecule has 0 N–H and O–H groups in total. The van der Waals surface area contributed by atoms with Gasteiger partial charge in [0.1, 0.15) is 0 Å². The molecule has 0 saturated heterocycles. The van der Waals surface area contributed by atoms with Gasteiger partial charge in [-0.2, -0.15) is 0 Å². The molecule has 0 spiro atoms. The van der Waals surface area contributed by atoms with E-state index in [-0.39, 0.29) is 31.9 Å². The number of rotatable bonds is 7. The second kappa shape index (κ2) is 12.6. The summed E-state index contributed by atoms with van der Waals surface area (Å²) in [6, 6.07) is 8.19. The first-order valence-electron chi connectivity index (χ1n) is 14.1. The van der Waals surface area contributed by atoms with Gasteiger partial charge in [-0.05, 0) is 62.8 Å². The third-order valence-electron chi connectivity index (χ3n) is 8.19. The van der Waals surface area contributed by atoms with E-state index in [2.05, 4.69) is 59.9 Å². The van der Waals surface area contributed by atoms with Crippen molar-refractivity contribution >= 4 is 56.4 Å². The molecular weight excluding hydrogens is 574 g/mol. The number of fused-ring (bicyclic) bond motifs is 8. The third kappa shape index (κ3) is 5.50. The number of aromatic nitrogens is 4. The number of esters is 1. The molecular formula is C35H36N4O2Zn. The Hall–Kier alpha value is -3.83. The molecule has 5 heterocycles. The largest absolute Gasteiger partial charge is 2.00 e. The van der Waals surface area contributed by atoms with Crippen molar-refractivity contribution in [2.45, 2.75) is 60.3 Å². The number of methoxy groups -OCH3 is 1. The molecule has 0 aliphatic carbocycles. The van der Waals surface area contributed by atoms with Crippen molar-refractivity contribution in [3.63, 3.8) is 0 Å². The van der Waals surface area contributed by atoms with Gasteiger partial charge in [0.05, 0.1) is 29.9 Å². The molecule has 2 aliphatic rings. The second-order valence-corrected chi connectivity index (χ2v) is 10.6. The maximum atomic E-state index is 12.1. The molecule has 210 valence electrons. The smallest absolute Gasteiger partial charge is 0.657 e. The Bertz CT molecular complexity index is 1830. The van der Waals surface area contributed by atoms with E-state index in [1.54, 1.807) is 0 Å². The molecule has 0 atom stereocenters. The van der Waals surface area contributed by atoms with E-state index in [9.17, 15) is 4.79 Å². The molecule has 0 fully saturated rings. The molecule has 7 heteroatoms. The van der Waals surface area contributed by atoms with Gasteiger partial charge in [-0.1, -0.05) is 79.6 Å². The summed E-state index contributed by atoms with van der Waals surface area (Å²) in [6.07, 6.45) is 6.41. The van der Waals surface area contributed by atoms with Crippen LogP contribution in [-0.4, -0.2) is 23.0 Å².